The van der Waals surface area contributed by atoms with Gasteiger partial charge < -0.3 is 15.2 Å². The largest absolute Gasteiger partial charge is 0.362 e. The maximum absolute atomic E-state index is 12.1. The molecule has 0 saturated carbocycles. The predicted octanol–water partition coefficient (Wildman–Crippen LogP) is 3.58. The van der Waals surface area contributed by atoms with Gasteiger partial charge in [-0.3, -0.25) is 10.3 Å². The van der Waals surface area contributed by atoms with Crippen molar-refractivity contribution in [1.29, 1.82) is 0 Å². The molecule has 3 heterocycles. The van der Waals surface area contributed by atoms with Gasteiger partial charge in [0.15, 0.2) is 11.3 Å². The number of nitrogens with one attached hydrogen (secondary N) is 3. The second-order valence-corrected chi connectivity index (χ2v) is 8.29. The molecule has 0 aliphatic carbocycles. The van der Waals surface area contributed by atoms with Crippen LogP contribution in [0.3, 0.4) is 0 Å². The molecule has 1 atom stereocenters. The number of carbonyl (C=O) groups excluding carboxylic acids is 1. The van der Waals surface area contributed by atoms with Crippen molar-refractivity contribution in [1.82, 2.24) is 20.8 Å². The van der Waals surface area contributed by atoms with Gasteiger partial charge in [-0.25, -0.2) is 4.79 Å². The molecule has 0 saturated heterocycles. The Balaban J connectivity index is 1.43. The summed E-state index contributed by atoms with van der Waals surface area (Å²) in [6, 6.07) is 5.45. The minimum atomic E-state index is -0.326. The number of aromatic nitrogens is 2. The lowest BCUT2D eigenvalue weighted by Crippen LogP contribution is -2.41. The number of amides is 2. The fourth-order valence-corrected chi connectivity index (χ4v) is 3.33. The van der Waals surface area contributed by atoms with Crippen LogP contribution in [0.5, 0.6) is 0 Å². The minimum absolute atomic E-state index is 0.153. The predicted molar refractivity (Wildman–Crippen MR) is 103 cm³/mol. The van der Waals surface area contributed by atoms with Gasteiger partial charge in [0.2, 0.25) is 0 Å². The Morgan fingerprint density at radius 3 is 2.77 bits per heavy atom. The number of thioether (sulfide) groups is 1. The lowest BCUT2D eigenvalue weighted by Gasteiger charge is -2.13. The average Bonchev–Trinajstić information content (AvgIpc) is 3.23. The van der Waals surface area contributed by atoms with Crippen LogP contribution in [0.15, 0.2) is 46.2 Å². The Labute approximate surface area is 157 Å². The second-order valence-electron chi connectivity index (χ2n) is 7.06. The molecule has 1 aliphatic rings. The smallest absolute Gasteiger partial charge is 0.322 e. The average molecular weight is 373 g/mol. The Bertz CT molecular complexity index is 782. The molecule has 26 heavy (non-hydrogen) atoms. The molecule has 0 radical (unpaired) electrons. The van der Waals surface area contributed by atoms with Gasteiger partial charge in [0, 0.05) is 35.0 Å². The molecule has 0 fully saturated rings. The molecule has 0 bridgehead atoms. The van der Waals surface area contributed by atoms with E-state index in [-0.39, 0.29) is 16.9 Å². The van der Waals surface area contributed by atoms with E-state index < -0.39 is 0 Å². The quantitative estimate of drug-likeness (QED) is 0.742. The molecule has 2 amide bonds. The highest BCUT2D eigenvalue weighted by atomic mass is 32.2. The van der Waals surface area contributed by atoms with Crippen molar-refractivity contribution in [2.24, 2.45) is 0 Å². The number of urea groups is 1. The summed E-state index contributed by atoms with van der Waals surface area (Å²) in [6.45, 7) is 6.07. The van der Waals surface area contributed by atoms with Gasteiger partial charge in [-0.05, 0) is 30.5 Å². The zero-order valence-corrected chi connectivity index (χ0v) is 15.9. The first-order chi connectivity index (χ1) is 12.4. The number of nitrogens with zero attached hydrogens (tertiary/aromatic N) is 2. The number of carbonyl (C=O) groups is 1. The number of hydrogen-bond acceptors (Lipinski definition) is 6. The van der Waals surface area contributed by atoms with Crippen LogP contribution in [0.25, 0.3) is 0 Å². The third-order valence-electron chi connectivity index (χ3n) is 3.83. The van der Waals surface area contributed by atoms with Gasteiger partial charge in [-0.1, -0.05) is 37.7 Å². The topological polar surface area (TPSA) is 92.1 Å². The van der Waals surface area contributed by atoms with Gasteiger partial charge in [-0.2, -0.15) is 0 Å². The van der Waals surface area contributed by atoms with Crippen LogP contribution in [-0.4, -0.2) is 21.7 Å². The molecule has 1 unspecified atom stereocenters. The number of allylic oxidation sites excluding steroid dienone is 1. The lowest BCUT2D eigenvalue weighted by atomic mass is 9.93. The Morgan fingerprint density at radius 2 is 2.08 bits per heavy atom. The lowest BCUT2D eigenvalue weighted by molar-refractivity contribution is 0.250. The molecular weight excluding hydrogens is 350 g/mol. The number of pyridine rings is 1. The van der Waals surface area contributed by atoms with Crippen LogP contribution in [-0.2, 0) is 11.8 Å². The van der Waals surface area contributed by atoms with Crippen molar-refractivity contribution < 1.29 is 9.32 Å². The highest BCUT2D eigenvalue weighted by Crippen LogP contribution is 2.28. The summed E-state index contributed by atoms with van der Waals surface area (Å²) >= 11 is 1.60. The zero-order chi connectivity index (χ0) is 18.6. The molecule has 138 valence electrons. The van der Waals surface area contributed by atoms with Crippen molar-refractivity contribution in [3.63, 3.8) is 0 Å². The summed E-state index contributed by atoms with van der Waals surface area (Å²) in [4.78, 5) is 17.3. The normalized spacial score (nSPS) is 16.7. The van der Waals surface area contributed by atoms with E-state index in [0.29, 0.717) is 5.82 Å². The Kier molecular flexibility index (Phi) is 5.51. The molecule has 2 aromatic rings. The van der Waals surface area contributed by atoms with Crippen molar-refractivity contribution in [3.8, 4) is 0 Å². The third kappa shape index (κ3) is 5.01. The number of rotatable bonds is 5. The van der Waals surface area contributed by atoms with E-state index in [2.05, 4.69) is 26.1 Å². The first-order valence-corrected chi connectivity index (χ1v) is 9.33. The minimum Gasteiger partial charge on any atom is -0.362 e. The maximum Gasteiger partial charge on any atom is 0.322 e. The summed E-state index contributed by atoms with van der Waals surface area (Å²) in [5.74, 6) is 1.13. The standard InChI is InChI=1S/C18H23N5O2S/c1-18(2,3)14-10-15(23-25-14)21-16(24)22-17-20-11-13(26-17)5-4-12-6-8-19-9-7-12/h6-11,17,20H,4-5H2,1-3H3,(H2,21,22,23,24). The van der Waals surface area contributed by atoms with E-state index in [1.165, 1.54) is 10.5 Å². The fourth-order valence-electron chi connectivity index (χ4n) is 2.37. The van der Waals surface area contributed by atoms with E-state index in [4.69, 9.17) is 4.52 Å². The summed E-state index contributed by atoms with van der Waals surface area (Å²) in [5, 5.41) is 12.6. The van der Waals surface area contributed by atoms with Crippen LogP contribution in [0, 0.1) is 0 Å². The van der Waals surface area contributed by atoms with Gasteiger partial charge in [0.05, 0.1) is 0 Å². The van der Waals surface area contributed by atoms with E-state index in [0.717, 1.165) is 18.6 Å². The molecule has 0 aromatic carbocycles. The van der Waals surface area contributed by atoms with Crippen LogP contribution < -0.4 is 16.0 Å². The molecule has 3 rings (SSSR count). The first kappa shape index (κ1) is 18.3. The van der Waals surface area contributed by atoms with Gasteiger partial charge in [0.25, 0.3) is 0 Å². The summed E-state index contributed by atoms with van der Waals surface area (Å²) < 4.78 is 5.26. The zero-order valence-electron chi connectivity index (χ0n) is 15.1. The van der Waals surface area contributed by atoms with Crippen LogP contribution in [0.1, 0.15) is 38.5 Å². The highest BCUT2D eigenvalue weighted by molar-refractivity contribution is 8.03. The Hall–Kier alpha value is -2.48. The second kappa shape index (κ2) is 7.82. The molecule has 1 aliphatic heterocycles. The van der Waals surface area contributed by atoms with Crippen molar-refractivity contribution >= 4 is 23.6 Å². The monoisotopic (exact) mass is 373 g/mol. The third-order valence-corrected chi connectivity index (χ3v) is 4.94. The van der Waals surface area contributed by atoms with E-state index in [1.54, 1.807) is 30.2 Å². The van der Waals surface area contributed by atoms with Crippen molar-refractivity contribution in [3.05, 3.63) is 53.0 Å². The van der Waals surface area contributed by atoms with E-state index in [9.17, 15) is 4.79 Å². The van der Waals surface area contributed by atoms with Gasteiger partial charge >= 0.3 is 6.03 Å². The molecule has 0 spiro atoms. The molecule has 7 nitrogen and oxygen atoms in total. The molecule has 3 N–H and O–H groups in total. The van der Waals surface area contributed by atoms with Crippen molar-refractivity contribution in [2.75, 3.05) is 5.32 Å². The summed E-state index contributed by atoms with van der Waals surface area (Å²) in [7, 11) is 0. The summed E-state index contributed by atoms with van der Waals surface area (Å²) in [6.07, 6.45) is 7.40. The SMILES string of the molecule is CC(C)(C)c1cc(NC(=O)NC2NC=C(CCc3ccncc3)S2)no1. The molecular formula is C18H23N5O2S. The summed E-state index contributed by atoms with van der Waals surface area (Å²) in [5.41, 5.74) is 0.896. The van der Waals surface area contributed by atoms with Crippen LogP contribution in [0.2, 0.25) is 0 Å². The van der Waals surface area contributed by atoms with Gasteiger partial charge in [-0.15, -0.1) is 0 Å². The van der Waals surface area contributed by atoms with Crippen LogP contribution >= 0.6 is 11.8 Å². The van der Waals surface area contributed by atoms with Crippen molar-refractivity contribution in [2.45, 2.75) is 44.5 Å². The first-order valence-electron chi connectivity index (χ1n) is 8.45. The fraction of sp³-hybridized carbons (Fsp3) is 0.389. The van der Waals surface area contributed by atoms with Crippen LogP contribution in [0.4, 0.5) is 10.6 Å². The number of hydrogen-bond donors (Lipinski definition) is 3. The Morgan fingerprint density at radius 1 is 1.31 bits per heavy atom. The molecule has 2 aromatic heterocycles. The molecule has 8 heteroatoms. The number of anilines is 1. The van der Waals surface area contributed by atoms with E-state index >= 15 is 0 Å². The maximum atomic E-state index is 12.1. The van der Waals surface area contributed by atoms with Gasteiger partial charge in [0.1, 0.15) is 5.76 Å². The van der Waals surface area contributed by atoms with E-state index in [1.807, 2.05) is 39.1 Å². The number of aryl methyl sites for hydroxylation is 1. The highest BCUT2D eigenvalue weighted by Gasteiger charge is 2.22.